The summed E-state index contributed by atoms with van der Waals surface area (Å²) in [5.74, 6) is 0.947. The highest BCUT2D eigenvalue weighted by Gasteiger charge is 2.36. The largest absolute Gasteiger partial charge is 0.497 e. The van der Waals surface area contributed by atoms with E-state index in [1.165, 1.54) is 31.2 Å². The molecule has 0 aromatic heterocycles. The number of rotatable bonds is 9. The zero-order valence-corrected chi connectivity index (χ0v) is 11.8. The predicted molar refractivity (Wildman–Crippen MR) is 78.6 cm³/mol. The highest BCUT2D eigenvalue weighted by molar-refractivity contribution is 5.28. The highest BCUT2D eigenvalue weighted by Crippen LogP contribution is 2.31. The van der Waals surface area contributed by atoms with Gasteiger partial charge in [-0.2, -0.15) is 0 Å². The Morgan fingerprint density at radius 1 is 1.26 bits per heavy atom. The van der Waals surface area contributed by atoms with E-state index in [0.29, 0.717) is 12.2 Å². The van der Waals surface area contributed by atoms with E-state index in [9.17, 15) is 0 Å². The molecule has 104 valence electrons. The van der Waals surface area contributed by atoms with Crippen molar-refractivity contribution in [2.75, 3.05) is 7.11 Å². The summed E-state index contributed by atoms with van der Waals surface area (Å²) < 4.78 is 10.9. The van der Waals surface area contributed by atoms with Crippen LogP contribution in [-0.2, 0) is 11.2 Å². The molecule has 2 heteroatoms. The van der Waals surface area contributed by atoms with Crippen molar-refractivity contribution in [3.05, 3.63) is 42.5 Å². The average molecular weight is 260 g/mol. The fourth-order valence-electron chi connectivity index (χ4n) is 2.49. The fraction of sp³-hybridized carbons (Fsp3) is 0.529. The second kappa shape index (κ2) is 7.34. The predicted octanol–water partition coefficient (Wildman–Crippen LogP) is 4.14. The SMILES string of the molecule is C=CCCCC1OC1CCCc1cccc(OC)c1. The van der Waals surface area contributed by atoms with E-state index in [1.54, 1.807) is 7.11 Å². The molecule has 0 N–H and O–H groups in total. The Bertz CT molecular complexity index is 400. The molecule has 0 spiro atoms. The molecular weight excluding hydrogens is 236 g/mol. The lowest BCUT2D eigenvalue weighted by Crippen LogP contribution is -1.96. The van der Waals surface area contributed by atoms with Crippen LogP contribution in [0.25, 0.3) is 0 Å². The van der Waals surface area contributed by atoms with E-state index in [4.69, 9.17) is 9.47 Å². The highest BCUT2D eigenvalue weighted by atomic mass is 16.6. The monoisotopic (exact) mass is 260 g/mol. The number of unbranched alkanes of at least 4 members (excludes halogenated alkanes) is 1. The van der Waals surface area contributed by atoms with Crippen molar-refractivity contribution >= 4 is 0 Å². The quantitative estimate of drug-likeness (QED) is 0.378. The number of allylic oxidation sites excluding steroid dienone is 1. The van der Waals surface area contributed by atoms with Crippen LogP contribution in [0.2, 0.25) is 0 Å². The van der Waals surface area contributed by atoms with Crippen LogP contribution in [0, 0.1) is 0 Å². The fourth-order valence-corrected chi connectivity index (χ4v) is 2.49. The number of hydrogen-bond acceptors (Lipinski definition) is 2. The van der Waals surface area contributed by atoms with Gasteiger partial charge in [0.25, 0.3) is 0 Å². The Morgan fingerprint density at radius 3 is 2.79 bits per heavy atom. The third kappa shape index (κ3) is 4.71. The van der Waals surface area contributed by atoms with E-state index < -0.39 is 0 Å². The summed E-state index contributed by atoms with van der Waals surface area (Å²) in [6.45, 7) is 3.74. The Morgan fingerprint density at radius 2 is 2.05 bits per heavy atom. The van der Waals surface area contributed by atoms with Gasteiger partial charge >= 0.3 is 0 Å². The van der Waals surface area contributed by atoms with Crippen LogP contribution in [0.4, 0.5) is 0 Å². The molecule has 1 aromatic carbocycles. The maximum absolute atomic E-state index is 5.69. The van der Waals surface area contributed by atoms with Gasteiger partial charge < -0.3 is 9.47 Å². The van der Waals surface area contributed by atoms with Gasteiger partial charge in [0.1, 0.15) is 5.75 Å². The summed E-state index contributed by atoms with van der Waals surface area (Å²) in [6, 6.07) is 8.33. The van der Waals surface area contributed by atoms with Gasteiger partial charge in [0.2, 0.25) is 0 Å². The van der Waals surface area contributed by atoms with Crippen LogP contribution in [0.3, 0.4) is 0 Å². The molecule has 1 aliphatic heterocycles. The van der Waals surface area contributed by atoms with Crippen molar-refractivity contribution in [1.29, 1.82) is 0 Å². The van der Waals surface area contributed by atoms with Gasteiger partial charge in [0.15, 0.2) is 0 Å². The van der Waals surface area contributed by atoms with Crippen LogP contribution in [-0.4, -0.2) is 19.3 Å². The number of hydrogen-bond donors (Lipinski definition) is 0. The second-order valence-electron chi connectivity index (χ2n) is 5.18. The van der Waals surface area contributed by atoms with Crippen LogP contribution >= 0.6 is 0 Å². The topological polar surface area (TPSA) is 21.8 Å². The van der Waals surface area contributed by atoms with Crippen LogP contribution in [0.5, 0.6) is 5.75 Å². The molecule has 2 rings (SSSR count). The first kappa shape index (κ1) is 14.1. The molecule has 2 nitrogen and oxygen atoms in total. The molecule has 1 fully saturated rings. The Labute approximate surface area is 116 Å². The van der Waals surface area contributed by atoms with Gasteiger partial charge in [0, 0.05) is 0 Å². The van der Waals surface area contributed by atoms with Crippen molar-refractivity contribution in [3.63, 3.8) is 0 Å². The van der Waals surface area contributed by atoms with Gasteiger partial charge in [-0.15, -0.1) is 6.58 Å². The molecule has 0 radical (unpaired) electrons. The lowest BCUT2D eigenvalue weighted by Gasteiger charge is -2.03. The van der Waals surface area contributed by atoms with Gasteiger partial charge in [-0.05, 0) is 56.2 Å². The zero-order chi connectivity index (χ0) is 13.5. The van der Waals surface area contributed by atoms with Crippen molar-refractivity contribution in [2.24, 2.45) is 0 Å². The standard InChI is InChI=1S/C17H24O2/c1-3-4-5-11-16-17(19-16)12-7-9-14-8-6-10-15(13-14)18-2/h3,6,8,10,13,16-17H,1,4-5,7,9,11-12H2,2H3. The molecule has 0 bridgehead atoms. The third-order valence-electron chi connectivity index (χ3n) is 3.67. The molecule has 0 amide bonds. The first-order chi connectivity index (χ1) is 9.33. The number of methoxy groups -OCH3 is 1. The smallest absolute Gasteiger partial charge is 0.119 e. The van der Waals surface area contributed by atoms with Crippen LogP contribution in [0.1, 0.15) is 37.7 Å². The summed E-state index contributed by atoms with van der Waals surface area (Å²) in [4.78, 5) is 0. The molecule has 0 aliphatic carbocycles. The molecule has 1 aliphatic rings. The molecule has 2 atom stereocenters. The van der Waals surface area contributed by atoms with Gasteiger partial charge in [0.05, 0.1) is 19.3 Å². The second-order valence-corrected chi connectivity index (χ2v) is 5.18. The molecule has 1 heterocycles. The minimum Gasteiger partial charge on any atom is -0.497 e. The van der Waals surface area contributed by atoms with E-state index >= 15 is 0 Å². The number of epoxide rings is 1. The van der Waals surface area contributed by atoms with Crippen LogP contribution < -0.4 is 4.74 Å². The zero-order valence-electron chi connectivity index (χ0n) is 11.8. The summed E-state index contributed by atoms with van der Waals surface area (Å²) in [5, 5.41) is 0. The molecular formula is C17H24O2. The molecule has 19 heavy (non-hydrogen) atoms. The van der Waals surface area contributed by atoms with E-state index in [-0.39, 0.29) is 0 Å². The van der Waals surface area contributed by atoms with E-state index in [2.05, 4.69) is 24.8 Å². The first-order valence-corrected chi connectivity index (χ1v) is 7.23. The summed E-state index contributed by atoms with van der Waals surface area (Å²) in [6.07, 6.45) is 10.00. The minimum absolute atomic E-state index is 0.510. The van der Waals surface area contributed by atoms with Crippen molar-refractivity contribution < 1.29 is 9.47 Å². The molecule has 1 aromatic rings. The van der Waals surface area contributed by atoms with Crippen molar-refractivity contribution in [2.45, 2.75) is 50.7 Å². The lowest BCUT2D eigenvalue weighted by molar-refractivity contribution is 0.351. The summed E-state index contributed by atoms with van der Waals surface area (Å²) >= 11 is 0. The Hall–Kier alpha value is -1.28. The lowest BCUT2D eigenvalue weighted by atomic mass is 10.0. The van der Waals surface area contributed by atoms with Gasteiger partial charge in [-0.3, -0.25) is 0 Å². The summed E-state index contributed by atoms with van der Waals surface area (Å²) in [5.41, 5.74) is 1.35. The van der Waals surface area contributed by atoms with E-state index in [0.717, 1.165) is 18.6 Å². The first-order valence-electron chi connectivity index (χ1n) is 7.23. The van der Waals surface area contributed by atoms with Crippen molar-refractivity contribution in [1.82, 2.24) is 0 Å². The number of aryl methyl sites for hydroxylation is 1. The van der Waals surface area contributed by atoms with Gasteiger partial charge in [-0.25, -0.2) is 0 Å². The normalized spacial score (nSPS) is 21.1. The molecule has 0 saturated carbocycles. The number of benzene rings is 1. The Balaban J connectivity index is 1.61. The van der Waals surface area contributed by atoms with Crippen molar-refractivity contribution in [3.8, 4) is 5.75 Å². The molecule has 1 saturated heterocycles. The third-order valence-corrected chi connectivity index (χ3v) is 3.67. The average Bonchev–Trinajstić information content (AvgIpc) is 3.18. The van der Waals surface area contributed by atoms with E-state index in [1.807, 2.05) is 12.1 Å². The number of ether oxygens (including phenoxy) is 2. The minimum atomic E-state index is 0.510. The summed E-state index contributed by atoms with van der Waals surface area (Å²) in [7, 11) is 1.71. The Kier molecular flexibility index (Phi) is 5.46. The van der Waals surface area contributed by atoms with Crippen LogP contribution in [0.15, 0.2) is 36.9 Å². The van der Waals surface area contributed by atoms with Gasteiger partial charge in [-0.1, -0.05) is 18.2 Å². The maximum atomic E-state index is 5.69. The molecule has 2 unspecified atom stereocenters. The maximum Gasteiger partial charge on any atom is 0.119 e.